The van der Waals surface area contributed by atoms with Crippen molar-refractivity contribution >= 4 is 0 Å². The van der Waals surface area contributed by atoms with Gasteiger partial charge in [0.2, 0.25) is 0 Å². The summed E-state index contributed by atoms with van der Waals surface area (Å²) in [5.41, 5.74) is 0. The molecule has 0 aromatic heterocycles. The Labute approximate surface area is 112 Å². The fourth-order valence-electron chi connectivity index (χ4n) is 3.22. The molecule has 0 aromatic carbocycles. The number of rotatable bonds is 5. The monoisotopic (exact) mass is 254 g/mol. The van der Waals surface area contributed by atoms with Crippen molar-refractivity contribution in [1.29, 1.82) is 0 Å². The van der Waals surface area contributed by atoms with E-state index >= 15 is 0 Å². The van der Waals surface area contributed by atoms with E-state index in [9.17, 15) is 0 Å². The van der Waals surface area contributed by atoms with Gasteiger partial charge in [-0.1, -0.05) is 13.8 Å². The van der Waals surface area contributed by atoms with Crippen molar-refractivity contribution < 1.29 is 4.74 Å². The van der Waals surface area contributed by atoms with Crippen molar-refractivity contribution in [2.45, 2.75) is 58.2 Å². The second-order valence-electron chi connectivity index (χ2n) is 5.81. The molecule has 0 aromatic rings. The fourth-order valence-corrected chi connectivity index (χ4v) is 3.22. The molecule has 0 amide bonds. The molecule has 0 bridgehead atoms. The molecular formula is C15H30N2O. The molecular weight excluding hydrogens is 224 g/mol. The van der Waals surface area contributed by atoms with Crippen molar-refractivity contribution in [3.8, 4) is 0 Å². The Morgan fingerprint density at radius 2 is 1.33 bits per heavy atom. The summed E-state index contributed by atoms with van der Waals surface area (Å²) in [5.74, 6) is 0. The lowest BCUT2D eigenvalue weighted by molar-refractivity contribution is -0.0644. The maximum atomic E-state index is 6.30. The van der Waals surface area contributed by atoms with Gasteiger partial charge in [-0.2, -0.15) is 0 Å². The Hall–Kier alpha value is -0.120. The minimum atomic E-state index is 0.538. The maximum absolute atomic E-state index is 6.30. The predicted molar refractivity (Wildman–Crippen MR) is 76.0 cm³/mol. The Kier molecular flexibility index (Phi) is 5.93. The van der Waals surface area contributed by atoms with Gasteiger partial charge in [-0.3, -0.25) is 0 Å². The molecule has 2 heterocycles. The first-order valence-corrected chi connectivity index (χ1v) is 7.92. The highest BCUT2D eigenvalue weighted by Gasteiger charge is 2.24. The molecule has 2 rings (SSSR count). The summed E-state index contributed by atoms with van der Waals surface area (Å²) in [4.78, 5) is 5.11. The van der Waals surface area contributed by atoms with E-state index in [1.165, 1.54) is 71.4 Å². The van der Waals surface area contributed by atoms with Crippen LogP contribution in [0.3, 0.4) is 0 Å². The zero-order valence-corrected chi connectivity index (χ0v) is 12.2. The van der Waals surface area contributed by atoms with Gasteiger partial charge < -0.3 is 14.5 Å². The SMILES string of the molecule is CCCN1CCC(OC2CCN(CC)CC2)CC1. The smallest absolute Gasteiger partial charge is 0.0603 e. The Bertz CT molecular complexity index is 219. The lowest BCUT2D eigenvalue weighted by Gasteiger charge is -2.36. The highest BCUT2D eigenvalue weighted by Crippen LogP contribution is 2.20. The summed E-state index contributed by atoms with van der Waals surface area (Å²) in [7, 11) is 0. The third-order valence-electron chi connectivity index (χ3n) is 4.44. The fraction of sp³-hybridized carbons (Fsp3) is 1.00. The molecule has 0 radical (unpaired) electrons. The highest BCUT2D eigenvalue weighted by molar-refractivity contribution is 4.77. The molecule has 18 heavy (non-hydrogen) atoms. The highest BCUT2D eigenvalue weighted by atomic mass is 16.5. The zero-order chi connectivity index (χ0) is 12.8. The van der Waals surface area contributed by atoms with E-state index in [4.69, 9.17) is 4.74 Å². The molecule has 0 atom stereocenters. The van der Waals surface area contributed by atoms with Gasteiger partial charge in [-0.25, -0.2) is 0 Å². The molecule has 0 spiro atoms. The zero-order valence-electron chi connectivity index (χ0n) is 12.2. The van der Waals surface area contributed by atoms with E-state index in [2.05, 4.69) is 23.6 Å². The Balaban J connectivity index is 1.63. The number of hydrogen-bond donors (Lipinski definition) is 0. The van der Waals surface area contributed by atoms with Gasteiger partial charge in [0, 0.05) is 26.2 Å². The van der Waals surface area contributed by atoms with Gasteiger partial charge in [0.1, 0.15) is 0 Å². The van der Waals surface area contributed by atoms with Gasteiger partial charge in [0.15, 0.2) is 0 Å². The van der Waals surface area contributed by atoms with Gasteiger partial charge >= 0.3 is 0 Å². The molecule has 0 saturated carbocycles. The summed E-state index contributed by atoms with van der Waals surface area (Å²) in [6.07, 6.45) is 7.32. The van der Waals surface area contributed by atoms with Crippen LogP contribution in [-0.4, -0.2) is 61.3 Å². The molecule has 106 valence electrons. The summed E-state index contributed by atoms with van der Waals surface area (Å²) < 4.78 is 6.30. The lowest BCUT2D eigenvalue weighted by Crippen LogP contribution is -2.42. The molecule has 2 saturated heterocycles. The van der Waals surface area contributed by atoms with Crippen LogP contribution in [0.2, 0.25) is 0 Å². The van der Waals surface area contributed by atoms with Crippen LogP contribution < -0.4 is 0 Å². The van der Waals surface area contributed by atoms with E-state index < -0.39 is 0 Å². The Morgan fingerprint density at radius 3 is 1.78 bits per heavy atom. The standard InChI is InChI=1S/C15H30N2O/c1-3-9-17-12-7-15(8-13-17)18-14-5-10-16(4-2)11-6-14/h14-15H,3-13H2,1-2H3. The molecule has 0 N–H and O–H groups in total. The number of ether oxygens (including phenoxy) is 1. The van der Waals surface area contributed by atoms with Crippen molar-refractivity contribution in [1.82, 2.24) is 9.80 Å². The van der Waals surface area contributed by atoms with Gasteiger partial charge in [-0.15, -0.1) is 0 Å². The van der Waals surface area contributed by atoms with Gasteiger partial charge in [0.05, 0.1) is 12.2 Å². The minimum absolute atomic E-state index is 0.538. The largest absolute Gasteiger partial charge is 0.375 e. The van der Waals surface area contributed by atoms with Crippen molar-refractivity contribution in [3.63, 3.8) is 0 Å². The van der Waals surface area contributed by atoms with Crippen LogP contribution in [0, 0.1) is 0 Å². The molecule has 2 fully saturated rings. The van der Waals surface area contributed by atoms with Crippen LogP contribution in [-0.2, 0) is 4.74 Å². The van der Waals surface area contributed by atoms with Crippen LogP contribution in [0.1, 0.15) is 46.0 Å². The van der Waals surface area contributed by atoms with E-state index in [0.29, 0.717) is 12.2 Å². The minimum Gasteiger partial charge on any atom is -0.375 e. The normalized spacial score (nSPS) is 25.7. The van der Waals surface area contributed by atoms with Crippen LogP contribution in [0.5, 0.6) is 0 Å². The van der Waals surface area contributed by atoms with E-state index in [1.54, 1.807) is 0 Å². The average molecular weight is 254 g/mol. The second kappa shape index (κ2) is 7.46. The van der Waals surface area contributed by atoms with Crippen LogP contribution in [0.4, 0.5) is 0 Å². The summed E-state index contributed by atoms with van der Waals surface area (Å²) in [5, 5.41) is 0. The molecule has 3 nitrogen and oxygen atoms in total. The number of likely N-dealkylation sites (tertiary alicyclic amines) is 2. The van der Waals surface area contributed by atoms with Crippen molar-refractivity contribution in [2.75, 3.05) is 39.3 Å². The average Bonchev–Trinajstić information content (AvgIpc) is 2.42. The van der Waals surface area contributed by atoms with Crippen LogP contribution in [0.25, 0.3) is 0 Å². The maximum Gasteiger partial charge on any atom is 0.0603 e. The third-order valence-corrected chi connectivity index (χ3v) is 4.44. The Morgan fingerprint density at radius 1 is 0.833 bits per heavy atom. The van der Waals surface area contributed by atoms with E-state index in [0.717, 1.165) is 0 Å². The quantitative estimate of drug-likeness (QED) is 0.749. The molecule has 0 aliphatic carbocycles. The molecule has 2 aliphatic rings. The molecule has 3 heteroatoms. The number of hydrogen-bond acceptors (Lipinski definition) is 3. The predicted octanol–water partition coefficient (Wildman–Crippen LogP) is 2.36. The number of piperidine rings is 2. The molecule has 2 aliphatic heterocycles. The van der Waals surface area contributed by atoms with Crippen LogP contribution in [0.15, 0.2) is 0 Å². The van der Waals surface area contributed by atoms with Crippen LogP contribution >= 0.6 is 0 Å². The lowest BCUT2D eigenvalue weighted by atomic mass is 10.0. The topological polar surface area (TPSA) is 15.7 Å². The summed E-state index contributed by atoms with van der Waals surface area (Å²) in [6.45, 7) is 11.9. The molecule has 0 unspecified atom stereocenters. The first-order chi connectivity index (χ1) is 8.81. The first kappa shape index (κ1) is 14.3. The first-order valence-electron chi connectivity index (χ1n) is 7.92. The summed E-state index contributed by atoms with van der Waals surface area (Å²) >= 11 is 0. The van der Waals surface area contributed by atoms with E-state index in [-0.39, 0.29) is 0 Å². The second-order valence-corrected chi connectivity index (χ2v) is 5.81. The van der Waals surface area contributed by atoms with Crippen molar-refractivity contribution in [3.05, 3.63) is 0 Å². The summed E-state index contributed by atoms with van der Waals surface area (Å²) in [6, 6.07) is 0. The van der Waals surface area contributed by atoms with Gasteiger partial charge in [0.25, 0.3) is 0 Å². The number of nitrogens with zero attached hydrogens (tertiary/aromatic N) is 2. The van der Waals surface area contributed by atoms with E-state index in [1.807, 2.05) is 0 Å². The van der Waals surface area contributed by atoms with Crippen molar-refractivity contribution in [2.24, 2.45) is 0 Å². The third kappa shape index (κ3) is 4.22. The van der Waals surface area contributed by atoms with Gasteiger partial charge in [-0.05, 0) is 45.2 Å².